The Kier molecular flexibility index (Phi) is 5.99. The Morgan fingerprint density at radius 1 is 1.43 bits per heavy atom. The van der Waals surface area contributed by atoms with Crippen LogP contribution in [0.3, 0.4) is 0 Å². The number of methoxy groups -OCH3 is 1. The number of rotatable bonds is 5. The minimum absolute atomic E-state index is 0.390. The number of hydrogen-bond donors (Lipinski definition) is 3. The maximum atomic E-state index is 11.8. The Morgan fingerprint density at radius 2 is 2.10 bits per heavy atom. The summed E-state index contributed by atoms with van der Waals surface area (Å²) >= 11 is 0. The van der Waals surface area contributed by atoms with E-state index in [-0.39, 0.29) is 0 Å². The number of hydrogen-bond acceptors (Lipinski definition) is 5. The third-order valence-corrected chi connectivity index (χ3v) is 2.69. The van der Waals surface area contributed by atoms with Gasteiger partial charge < -0.3 is 20.3 Å². The summed E-state index contributed by atoms with van der Waals surface area (Å²) in [4.78, 5) is 11.8. The largest absolute Gasteiger partial charge is 0.495 e. The van der Waals surface area contributed by atoms with Gasteiger partial charge in [0.1, 0.15) is 11.4 Å². The number of anilines is 1. The normalized spacial score (nSPS) is 12.7. The van der Waals surface area contributed by atoms with E-state index in [1.165, 1.54) is 7.11 Å². The predicted octanol–water partition coefficient (Wildman–Crippen LogP) is 2.42. The number of benzene rings is 1. The maximum absolute atomic E-state index is 11.8. The molecule has 21 heavy (non-hydrogen) atoms. The molecule has 4 N–H and O–H groups in total. The highest BCUT2D eigenvalue weighted by Crippen LogP contribution is 2.29. The number of amides is 1. The average Bonchev–Trinajstić information content (AvgIpc) is 2.37. The van der Waals surface area contributed by atoms with Gasteiger partial charge in [-0.05, 0) is 51.4 Å². The number of carbonyl (C=O) groups excluding carboxylic acids is 1. The summed E-state index contributed by atoms with van der Waals surface area (Å²) < 4.78 is 10.4. The number of aliphatic hydroxyl groups excluding tert-OH is 1. The van der Waals surface area contributed by atoms with Gasteiger partial charge in [0, 0.05) is 0 Å². The molecule has 1 aromatic carbocycles. The minimum atomic E-state index is -0.653. The molecule has 0 saturated carbocycles. The number of carbonyl (C=O) groups is 1. The first-order valence-corrected chi connectivity index (χ1v) is 6.83. The quantitative estimate of drug-likeness (QED) is 0.776. The standard InChI is InChI=1S/C15H24N2O4/c1-15(2,3)21-14(19)17-11-6-5-10(9-13(11)20-4)12(18)7-8-16/h5-6,9,12,18H,7-8,16H2,1-4H3,(H,17,19)/t12-/m1/s1. The first-order chi connectivity index (χ1) is 9.76. The van der Waals surface area contributed by atoms with Gasteiger partial charge in [0.15, 0.2) is 0 Å². The molecule has 118 valence electrons. The van der Waals surface area contributed by atoms with Crippen LogP contribution in [0.4, 0.5) is 10.5 Å². The van der Waals surface area contributed by atoms with Crippen molar-refractivity contribution in [1.82, 2.24) is 0 Å². The summed E-state index contributed by atoms with van der Waals surface area (Å²) in [6.45, 7) is 5.75. The van der Waals surface area contributed by atoms with Crippen LogP contribution in [0, 0.1) is 0 Å². The molecular formula is C15H24N2O4. The van der Waals surface area contributed by atoms with Crippen LogP contribution in [0.25, 0.3) is 0 Å². The molecule has 6 nitrogen and oxygen atoms in total. The zero-order valence-electron chi connectivity index (χ0n) is 13.0. The monoisotopic (exact) mass is 296 g/mol. The van der Waals surface area contributed by atoms with Crippen molar-refractivity contribution in [3.8, 4) is 5.75 Å². The number of aliphatic hydroxyl groups is 1. The topological polar surface area (TPSA) is 93.8 Å². The molecule has 0 radical (unpaired) electrons. The number of nitrogens with two attached hydrogens (primary N) is 1. The Morgan fingerprint density at radius 3 is 2.62 bits per heavy atom. The van der Waals surface area contributed by atoms with Crippen molar-refractivity contribution in [2.24, 2.45) is 5.73 Å². The van der Waals surface area contributed by atoms with Gasteiger partial charge >= 0.3 is 6.09 Å². The molecule has 0 aliphatic carbocycles. The van der Waals surface area contributed by atoms with E-state index in [0.29, 0.717) is 30.0 Å². The SMILES string of the molecule is COc1cc([C@H](O)CCN)ccc1NC(=O)OC(C)(C)C. The van der Waals surface area contributed by atoms with Crippen LogP contribution in [0.5, 0.6) is 5.75 Å². The van der Waals surface area contributed by atoms with Gasteiger partial charge in [0.2, 0.25) is 0 Å². The van der Waals surface area contributed by atoms with Crippen LogP contribution < -0.4 is 15.8 Å². The lowest BCUT2D eigenvalue weighted by molar-refractivity contribution is 0.0635. The van der Waals surface area contributed by atoms with Gasteiger partial charge in [0.05, 0.1) is 18.9 Å². The van der Waals surface area contributed by atoms with Crippen molar-refractivity contribution < 1.29 is 19.4 Å². The molecule has 0 aliphatic heterocycles. The summed E-state index contributed by atoms with van der Waals surface area (Å²) in [7, 11) is 1.49. The smallest absolute Gasteiger partial charge is 0.412 e. The van der Waals surface area contributed by atoms with Crippen molar-refractivity contribution in [2.75, 3.05) is 19.0 Å². The number of nitrogens with one attached hydrogen (secondary N) is 1. The van der Waals surface area contributed by atoms with Crippen LogP contribution in [0.1, 0.15) is 38.9 Å². The van der Waals surface area contributed by atoms with E-state index < -0.39 is 17.8 Å². The molecule has 0 unspecified atom stereocenters. The van der Waals surface area contributed by atoms with E-state index in [0.717, 1.165) is 0 Å². The third-order valence-electron chi connectivity index (χ3n) is 2.69. The molecule has 0 aliphatic rings. The van der Waals surface area contributed by atoms with Gasteiger partial charge in [-0.15, -0.1) is 0 Å². The summed E-state index contributed by atoms with van der Waals surface area (Å²) in [5.41, 5.74) is 6.02. The van der Waals surface area contributed by atoms with E-state index in [1.54, 1.807) is 39.0 Å². The summed E-state index contributed by atoms with van der Waals surface area (Å²) in [5, 5.41) is 12.5. The fraction of sp³-hybridized carbons (Fsp3) is 0.533. The molecule has 1 atom stereocenters. The molecule has 0 aromatic heterocycles. The zero-order valence-corrected chi connectivity index (χ0v) is 13.0. The lowest BCUT2D eigenvalue weighted by Gasteiger charge is -2.20. The van der Waals surface area contributed by atoms with Gasteiger partial charge in [-0.1, -0.05) is 6.07 Å². The van der Waals surface area contributed by atoms with Crippen molar-refractivity contribution >= 4 is 11.8 Å². The highest BCUT2D eigenvalue weighted by Gasteiger charge is 2.18. The van der Waals surface area contributed by atoms with E-state index in [4.69, 9.17) is 15.2 Å². The van der Waals surface area contributed by atoms with E-state index >= 15 is 0 Å². The fourth-order valence-electron chi connectivity index (χ4n) is 1.76. The molecule has 1 amide bonds. The Balaban J connectivity index is 2.86. The van der Waals surface area contributed by atoms with Crippen LogP contribution in [-0.4, -0.2) is 30.5 Å². The second-order valence-corrected chi connectivity index (χ2v) is 5.68. The lowest BCUT2D eigenvalue weighted by atomic mass is 10.1. The van der Waals surface area contributed by atoms with Crippen molar-refractivity contribution in [2.45, 2.75) is 38.9 Å². The highest BCUT2D eigenvalue weighted by atomic mass is 16.6. The summed E-state index contributed by atoms with van der Waals surface area (Å²) in [5.74, 6) is 0.453. The zero-order chi connectivity index (χ0) is 16.0. The van der Waals surface area contributed by atoms with Gasteiger partial charge in [-0.2, -0.15) is 0 Å². The second-order valence-electron chi connectivity index (χ2n) is 5.68. The van der Waals surface area contributed by atoms with Crippen molar-refractivity contribution in [3.63, 3.8) is 0 Å². The van der Waals surface area contributed by atoms with Crippen molar-refractivity contribution in [1.29, 1.82) is 0 Å². The van der Waals surface area contributed by atoms with Gasteiger partial charge in [0.25, 0.3) is 0 Å². The molecule has 0 bridgehead atoms. The van der Waals surface area contributed by atoms with Crippen LogP contribution in [0.15, 0.2) is 18.2 Å². The molecule has 0 fully saturated rings. The lowest BCUT2D eigenvalue weighted by Crippen LogP contribution is -2.27. The van der Waals surface area contributed by atoms with Crippen LogP contribution in [0.2, 0.25) is 0 Å². The molecule has 1 rings (SSSR count). The van der Waals surface area contributed by atoms with Crippen molar-refractivity contribution in [3.05, 3.63) is 23.8 Å². The summed E-state index contributed by atoms with van der Waals surface area (Å²) in [6, 6.07) is 5.06. The number of ether oxygens (including phenoxy) is 2. The van der Waals surface area contributed by atoms with E-state index in [9.17, 15) is 9.90 Å². The Labute approximate surface area is 125 Å². The third kappa shape index (κ3) is 5.61. The van der Waals surface area contributed by atoms with Crippen LogP contribution >= 0.6 is 0 Å². The maximum Gasteiger partial charge on any atom is 0.412 e. The van der Waals surface area contributed by atoms with Gasteiger partial charge in [-0.25, -0.2) is 4.79 Å². The average molecular weight is 296 g/mol. The molecule has 1 aromatic rings. The highest BCUT2D eigenvalue weighted by molar-refractivity contribution is 5.87. The fourth-order valence-corrected chi connectivity index (χ4v) is 1.76. The Bertz CT molecular complexity index is 483. The molecule has 6 heteroatoms. The first-order valence-electron chi connectivity index (χ1n) is 6.83. The molecule has 0 spiro atoms. The molecule has 0 heterocycles. The predicted molar refractivity (Wildman–Crippen MR) is 81.5 cm³/mol. The first kappa shape index (κ1) is 17.3. The van der Waals surface area contributed by atoms with Crippen LogP contribution in [-0.2, 0) is 4.74 Å². The van der Waals surface area contributed by atoms with E-state index in [1.807, 2.05) is 0 Å². The summed E-state index contributed by atoms with van der Waals surface area (Å²) in [6.07, 6.45) is -0.752. The second kappa shape index (κ2) is 7.28. The van der Waals surface area contributed by atoms with Gasteiger partial charge in [-0.3, -0.25) is 5.32 Å². The van der Waals surface area contributed by atoms with E-state index in [2.05, 4.69) is 5.32 Å². The Hall–Kier alpha value is -1.79. The molecule has 0 saturated heterocycles. The molecular weight excluding hydrogens is 272 g/mol. The minimum Gasteiger partial charge on any atom is -0.495 e.